The average molecular weight is 383 g/mol. The summed E-state index contributed by atoms with van der Waals surface area (Å²) in [4.78, 5) is 2.23. The summed E-state index contributed by atoms with van der Waals surface area (Å²) in [5.74, 6) is 0.106. The smallest absolute Gasteiger partial charge is 0.205 e. The van der Waals surface area contributed by atoms with Crippen molar-refractivity contribution in [3.63, 3.8) is 0 Å². The number of rotatable bonds is 5. The number of β-amino-alcohol motifs (C(OH)–C–C–N with tert-alkyl or cyclic N) is 1. The third-order valence-corrected chi connectivity index (χ3v) is 5.31. The third kappa shape index (κ3) is 3.88. The molecule has 0 saturated carbocycles. The molecule has 150 valence electrons. The quantitative estimate of drug-likeness (QED) is 0.857. The van der Waals surface area contributed by atoms with Gasteiger partial charge in [-0.05, 0) is 38.5 Å². The number of nitrogens with zero attached hydrogens (tertiary/aromatic N) is 1. The molecule has 1 unspecified atom stereocenters. The molecule has 1 N–H and O–H groups in total. The number of hydrogen-bond acceptors (Lipinski definition) is 5. The predicted octanol–water partition coefficient (Wildman–Crippen LogP) is 3.48. The highest BCUT2D eigenvalue weighted by molar-refractivity contribution is 5.53. The molecular formula is C23H29NO4. The molecule has 0 aromatic heterocycles. The molecule has 1 fully saturated rings. The first-order chi connectivity index (χ1) is 13.4. The lowest BCUT2D eigenvalue weighted by molar-refractivity contribution is -0.249. The second-order valence-corrected chi connectivity index (χ2v) is 8.26. The Morgan fingerprint density at radius 3 is 2.71 bits per heavy atom. The monoisotopic (exact) mass is 383 g/mol. The normalized spacial score (nSPS) is 23.9. The molecular weight excluding hydrogens is 354 g/mol. The molecule has 0 aliphatic carbocycles. The van der Waals surface area contributed by atoms with Gasteiger partial charge in [-0.1, -0.05) is 30.3 Å². The molecule has 4 rings (SSSR count). The molecule has 2 heterocycles. The lowest BCUT2D eigenvalue weighted by Crippen LogP contribution is -2.49. The zero-order chi connectivity index (χ0) is 19.8. The molecule has 28 heavy (non-hydrogen) atoms. The van der Waals surface area contributed by atoms with Gasteiger partial charge in [0.25, 0.3) is 0 Å². The van der Waals surface area contributed by atoms with Crippen LogP contribution in [-0.2, 0) is 23.5 Å². The summed E-state index contributed by atoms with van der Waals surface area (Å²) in [5, 5.41) is 11.4. The summed E-state index contributed by atoms with van der Waals surface area (Å²) in [5.41, 5.74) is 2.74. The first kappa shape index (κ1) is 19.2. The number of hydrogen-bond donors (Lipinski definition) is 1. The van der Waals surface area contributed by atoms with E-state index in [1.807, 2.05) is 37.3 Å². The van der Waals surface area contributed by atoms with Crippen LogP contribution in [0.15, 0.2) is 42.5 Å². The number of aliphatic hydroxyl groups is 1. The van der Waals surface area contributed by atoms with Crippen molar-refractivity contribution in [1.82, 2.24) is 4.90 Å². The first-order valence-electron chi connectivity index (χ1n) is 10.0. The Balaban J connectivity index is 1.61. The van der Waals surface area contributed by atoms with Crippen molar-refractivity contribution in [2.45, 2.75) is 45.1 Å². The van der Waals surface area contributed by atoms with Crippen LogP contribution in [0.1, 0.15) is 37.5 Å². The van der Waals surface area contributed by atoms with Crippen LogP contribution in [0.4, 0.5) is 0 Å². The van der Waals surface area contributed by atoms with Gasteiger partial charge >= 0.3 is 0 Å². The van der Waals surface area contributed by atoms with E-state index in [4.69, 9.17) is 14.2 Å². The minimum Gasteiger partial charge on any atom is -0.490 e. The van der Waals surface area contributed by atoms with Crippen LogP contribution in [0, 0.1) is 0 Å². The summed E-state index contributed by atoms with van der Waals surface area (Å²) < 4.78 is 17.8. The van der Waals surface area contributed by atoms with Crippen LogP contribution in [0.25, 0.3) is 0 Å². The minimum atomic E-state index is -1.36. The fourth-order valence-corrected chi connectivity index (χ4v) is 4.09. The van der Waals surface area contributed by atoms with Gasteiger partial charge in [0.05, 0.1) is 19.8 Å². The van der Waals surface area contributed by atoms with Crippen LogP contribution in [0.2, 0.25) is 0 Å². The Hall–Kier alpha value is -2.08. The fraction of sp³-hybridized carbons (Fsp3) is 0.478. The molecule has 1 atom stereocenters. The topological polar surface area (TPSA) is 51.2 Å². The van der Waals surface area contributed by atoms with Crippen LogP contribution in [0.5, 0.6) is 11.5 Å². The van der Waals surface area contributed by atoms with Crippen molar-refractivity contribution >= 4 is 0 Å². The number of benzene rings is 2. The van der Waals surface area contributed by atoms with Gasteiger partial charge in [-0.15, -0.1) is 0 Å². The second kappa shape index (κ2) is 7.39. The molecule has 1 saturated heterocycles. The second-order valence-electron chi connectivity index (χ2n) is 8.26. The van der Waals surface area contributed by atoms with Gasteiger partial charge in [-0.25, -0.2) is 0 Å². The SMILES string of the molecule is CCOc1cc(C2(O)CN(Cc3ccccc3)CCO2)cc2c1OC(C)(C)C2. The Kier molecular flexibility index (Phi) is 5.08. The lowest BCUT2D eigenvalue weighted by atomic mass is 9.96. The Morgan fingerprint density at radius 2 is 1.96 bits per heavy atom. The Bertz CT molecular complexity index is 836. The average Bonchev–Trinajstić information content (AvgIpc) is 2.97. The van der Waals surface area contributed by atoms with Crippen LogP contribution in [0.3, 0.4) is 0 Å². The van der Waals surface area contributed by atoms with Gasteiger partial charge in [-0.3, -0.25) is 4.90 Å². The van der Waals surface area contributed by atoms with E-state index in [9.17, 15) is 5.11 Å². The van der Waals surface area contributed by atoms with Gasteiger partial charge in [0.2, 0.25) is 5.79 Å². The third-order valence-electron chi connectivity index (χ3n) is 5.31. The van der Waals surface area contributed by atoms with E-state index in [1.165, 1.54) is 5.56 Å². The van der Waals surface area contributed by atoms with E-state index in [2.05, 4.69) is 30.9 Å². The summed E-state index contributed by atoms with van der Waals surface area (Å²) in [6.45, 7) is 9.09. The lowest BCUT2D eigenvalue weighted by Gasteiger charge is -2.39. The van der Waals surface area contributed by atoms with E-state index in [1.54, 1.807) is 0 Å². The molecule has 2 aromatic carbocycles. The van der Waals surface area contributed by atoms with Crippen LogP contribution >= 0.6 is 0 Å². The summed E-state index contributed by atoms with van der Waals surface area (Å²) in [7, 11) is 0. The number of morpholine rings is 1. The van der Waals surface area contributed by atoms with E-state index >= 15 is 0 Å². The zero-order valence-electron chi connectivity index (χ0n) is 16.9. The van der Waals surface area contributed by atoms with Gasteiger partial charge in [0.1, 0.15) is 5.60 Å². The fourth-order valence-electron chi connectivity index (χ4n) is 4.09. The number of fused-ring (bicyclic) bond motifs is 1. The Morgan fingerprint density at radius 1 is 1.18 bits per heavy atom. The summed E-state index contributed by atoms with van der Waals surface area (Å²) in [6.07, 6.45) is 0.778. The van der Waals surface area contributed by atoms with E-state index < -0.39 is 5.79 Å². The van der Waals surface area contributed by atoms with Gasteiger partial charge in [0.15, 0.2) is 11.5 Å². The molecule has 2 aliphatic rings. The zero-order valence-corrected chi connectivity index (χ0v) is 16.9. The molecule has 2 aromatic rings. The van der Waals surface area contributed by atoms with E-state index in [0.29, 0.717) is 25.5 Å². The molecule has 5 heteroatoms. The molecule has 5 nitrogen and oxygen atoms in total. The maximum Gasteiger partial charge on any atom is 0.205 e. The Labute approximate surface area is 166 Å². The molecule has 0 bridgehead atoms. The highest BCUT2D eigenvalue weighted by atomic mass is 16.6. The van der Waals surface area contributed by atoms with Crippen molar-refractivity contribution in [2.24, 2.45) is 0 Å². The minimum absolute atomic E-state index is 0.276. The molecule has 0 radical (unpaired) electrons. The molecule has 0 amide bonds. The predicted molar refractivity (Wildman–Crippen MR) is 108 cm³/mol. The first-order valence-corrected chi connectivity index (χ1v) is 10.0. The van der Waals surface area contributed by atoms with Gasteiger partial charge < -0.3 is 19.3 Å². The van der Waals surface area contributed by atoms with Crippen LogP contribution in [-0.4, -0.2) is 41.9 Å². The summed E-state index contributed by atoms with van der Waals surface area (Å²) >= 11 is 0. The van der Waals surface area contributed by atoms with Gasteiger partial charge in [-0.2, -0.15) is 0 Å². The molecule has 2 aliphatic heterocycles. The van der Waals surface area contributed by atoms with Crippen molar-refractivity contribution in [1.29, 1.82) is 0 Å². The standard InChI is InChI=1S/C23H29NO4/c1-4-26-20-13-19(12-18-14-22(2,3)28-21(18)20)23(25)16-24(10-11-27-23)15-17-8-6-5-7-9-17/h5-9,12-13,25H,4,10-11,14-16H2,1-3H3. The highest BCUT2D eigenvalue weighted by Gasteiger charge is 2.40. The van der Waals surface area contributed by atoms with Crippen molar-refractivity contribution in [2.75, 3.05) is 26.3 Å². The highest BCUT2D eigenvalue weighted by Crippen LogP contribution is 2.45. The van der Waals surface area contributed by atoms with Crippen molar-refractivity contribution in [3.05, 3.63) is 59.2 Å². The summed E-state index contributed by atoms with van der Waals surface area (Å²) in [6, 6.07) is 14.2. The largest absolute Gasteiger partial charge is 0.490 e. The van der Waals surface area contributed by atoms with Crippen molar-refractivity contribution < 1.29 is 19.3 Å². The van der Waals surface area contributed by atoms with Gasteiger partial charge in [0, 0.05) is 30.6 Å². The number of ether oxygens (including phenoxy) is 3. The molecule has 0 spiro atoms. The van der Waals surface area contributed by atoms with E-state index in [0.717, 1.165) is 36.4 Å². The van der Waals surface area contributed by atoms with E-state index in [-0.39, 0.29) is 5.60 Å². The van der Waals surface area contributed by atoms with Crippen molar-refractivity contribution in [3.8, 4) is 11.5 Å². The van der Waals surface area contributed by atoms with Crippen LogP contribution < -0.4 is 9.47 Å². The maximum atomic E-state index is 11.4. The maximum absolute atomic E-state index is 11.4.